The summed E-state index contributed by atoms with van der Waals surface area (Å²) in [6, 6.07) is 16.3. The summed E-state index contributed by atoms with van der Waals surface area (Å²) in [4.78, 5) is 11.4. The molecule has 0 bridgehead atoms. The molecule has 0 amide bonds. The Bertz CT molecular complexity index is 960. The summed E-state index contributed by atoms with van der Waals surface area (Å²) in [5.41, 5.74) is 3.64. The van der Waals surface area contributed by atoms with Gasteiger partial charge in [0.05, 0.1) is 11.2 Å². The van der Waals surface area contributed by atoms with Gasteiger partial charge in [0.25, 0.3) is 0 Å². The molecule has 2 aromatic carbocycles. The molecule has 140 valence electrons. The van der Waals surface area contributed by atoms with Crippen molar-refractivity contribution in [2.75, 3.05) is 6.61 Å². The molecule has 3 rings (SSSR count). The van der Waals surface area contributed by atoms with E-state index in [1.807, 2.05) is 24.3 Å². The third-order valence-electron chi connectivity index (χ3n) is 4.36. The van der Waals surface area contributed by atoms with Gasteiger partial charge in [-0.3, -0.25) is 0 Å². The van der Waals surface area contributed by atoms with E-state index in [1.54, 1.807) is 6.92 Å². The lowest BCUT2D eigenvalue weighted by atomic mass is 10.0. The quantitative estimate of drug-likeness (QED) is 0.321. The zero-order valence-corrected chi connectivity index (χ0v) is 17.5. The Morgan fingerprint density at radius 1 is 1.19 bits per heavy atom. The minimum atomic E-state index is -0.294. The number of fused-ring (bicyclic) bond motifs is 1. The Morgan fingerprint density at radius 3 is 2.67 bits per heavy atom. The van der Waals surface area contributed by atoms with Crippen molar-refractivity contribution in [3.63, 3.8) is 0 Å². The maximum atomic E-state index is 11.4. The van der Waals surface area contributed by atoms with Crippen LogP contribution in [0.1, 0.15) is 24.5 Å². The number of benzene rings is 2. The second-order valence-corrected chi connectivity index (χ2v) is 7.37. The van der Waals surface area contributed by atoms with Crippen LogP contribution in [0.15, 0.2) is 65.3 Å². The van der Waals surface area contributed by atoms with Gasteiger partial charge < -0.3 is 9.30 Å². The largest absolute Gasteiger partial charge is 0.463 e. The highest BCUT2D eigenvalue weighted by atomic mass is 79.9. The Morgan fingerprint density at radius 2 is 1.93 bits per heavy atom. The van der Waals surface area contributed by atoms with E-state index in [-0.39, 0.29) is 5.97 Å². The van der Waals surface area contributed by atoms with Crippen molar-refractivity contribution < 1.29 is 9.53 Å². The van der Waals surface area contributed by atoms with Crippen molar-refractivity contribution >= 4 is 44.4 Å². The third-order valence-corrected chi connectivity index (χ3v) is 5.52. The molecule has 0 saturated heterocycles. The molecule has 0 atom stereocenters. The number of para-hydroxylation sites is 1. The molecular weight excluding hydrogens is 426 g/mol. The average molecular weight is 447 g/mol. The Labute approximate surface area is 172 Å². The van der Waals surface area contributed by atoms with Crippen LogP contribution in [0, 0.1) is 0 Å². The Balaban J connectivity index is 1.84. The van der Waals surface area contributed by atoms with E-state index in [0.717, 1.165) is 29.0 Å². The summed E-state index contributed by atoms with van der Waals surface area (Å²) in [6.45, 7) is 2.97. The van der Waals surface area contributed by atoms with E-state index in [9.17, 15) is 4.79 Å². The zero-order valence-electron chi connectivity index (χ0n) is 15.1. The topological polar surface area (TPSA) is 31.2 Å². The summed E-state index contributed by atoms with van der Waals surface area (Å²) >= 11 is 9.80. The van der Waals surface area contributed by atoms with E-state index in [0.29, 0.717) is 6.61 Å². The van der Waals surface area contributed by atoms with E-state index in [1.165, 1.54) is 28.1 Å². The number of rotatable bonds is 7. The van der Waals surface area contributed by atoms with Gasteiger partial charge in [-0.15, -0.1) is 0 Å². The van der Waals surface area contributed by atoms with Crippen molar-refractivity contribution in [3.05, 3.63) is 81.4 Å². The predicted molar refractivity (Wildman–Crippen MR) is 114 cm³/mol. The average Bonchev–Trinajstić information content (AvgIpc) is 2.93. The highest BCUT2D eigenvalue weighted by Gasteiger charge is 2.15. The molecule has 0 aliphatic rings. The van der Waals surface area contributed by atoms with E-state index in [2.05, 4.69) is 50.8 Å². The number of ether oxygens (including phenoxy) is 1. The summed E-state index contributed by atoms with van der Waals surface area (Å²) in [5, 5.41) is 1.97. The predicted octanol–water partition coefficient (Wildman–Crippen LogP) is 6.16. The number of allylic oxidation sites excluding steroid dienone is 1. The van der Waals surface area contributed by atoms with Crippen LogP contribution in [-0.2, 0) is 22.5 Å². The van der Waals surface area contributed by atoms with Gasteiger partial charge in [-0.05, 0) is 58.6 Å². The maximum Gasteiger partial charge on any atom is 0.330 e. The SMILES string of the molecule is CCOC(=O)/C=C/CCn1c(Br)c(Cc2ccc(Cl)cc2)c2ccccc21. The van der Waals surface area contributed by atoms with Gasteiger partial charge in [0.2, 0.25) is 0 Å². The van der Waals surface area contributed by atoms with Crippen LogP contribution in [0.5, 0.6) is 0 Å². The molecule has 0 spiro atoms. The number of carbonyl (C=O) groups excluding carboxylic acids is 1. The monoisotopic (exact) mass is 445 g/mol. The molecule has 0 N–H and O–H groups in total. The van der Waals surface area contributed by atoms with Gasteiger partial charge in [0, 0.05) is 35.0 Å². The second kappa shape index (κ2) is 9.25. The van der Waals surface area contributed by atoms with Crippen LogP contribution in [0.3, 0.4) is 0 Å². The molecule has 1 aromatic heterocycles. The molecule has 0 radical (unpaired) electrons. The van der Waals surface area contributed by atoms with Crippen molar-refractivity contribution in [1.82, 2.24) is 4.57 Å². The number of nitrogens with zero attached hydrogens (tertiary/aromatic N) is 1. The van der Waals surface area contributed by atoms with Crippen molar-refractivity contribution in [2.24, 2.45) is 0 Å². The van der Waals surface area contributed by atoms with Crippen LogP contribution in [0.4, 0.5) is 0 Å². The molecule has 0 saturated carbocycles. The van der Waals surface area contributed by atoms with Gasteiger partial charge >= 0.3 is 5.97 Å². The summed E-state index contributed by atoms with van der Waals surface area (Å²) in [6.07, 6.45) is 4.93. The van der Waals surface area contributed by atoms with Crippen molar-refractivity contribution in [3.8, 4) is 0 Å². The molecular formula is C22H21BrClNO2. The first kappa shape index (κ1) is 19.7. The van der Waals surface area contributed by atoms with Crippen LogP contribution in [0.2, 0.25) is 5.02 Å². The molecule has 3 nitrogen and oxygen atoms in total. The number of hydrogen-bond donors (Lipinski definition) is 0. The van der Waals surface area contributed by atoms with Crippen LogP contribution in [-0.4, -0.2) is 17.1 Å². The summed E-state index contributed by atoms with van der Waals surface area (Å²) in [5.74, 6) is -0.294. The van der Waals surface area contributed by atoms with E-state index >= 15 is 0 Å². The number of esters is 1. The molecule has 0 fully saturated rings. The van der Waals surface area contributed by atoms with Crippen LogP contribution in [0.25, 0.3) is 10.9 Å². The molecule has 3 aromatic rings. The second-order valence-electron chi connectivity index (χ2n) is 6.18. The molecule has 0 aliphatic heterocycles. The van der Waals surface area contributed by atoms with Crippen molar-refractivity contribution in [2.45, 2.75) is 26.3 Å². The number of hydrogen-bond acceptors (Lipinski definition) is 2. The standard InChI is InChI=1S/C22H21BrClNO2/c1-2-27-21(26)9-5-6-14-25-20-8-4-3-7-18(20)19(22(25)23)15-16-10-12-17(24)13-11-16/h3-5,7-13H,2,6,14-15H2,1H3/b9-5+. The molecule has 5 heteroatoms. The fraction of sp³-hybridized carbons (Fsp3) is 0.227. The zero-order chi connectivity index (χ0) is 19.2. The summed E-state index contributed by atoms with van der Waals surface area (Å²) in [7, 11) is 0. The van der Waals surface area contributed by atoms with Gasteiger partial charge in [0.15, 0.2) is 0 Å². The van der Waals surface area contributed by atoms with Gasteiger partial charge in [0.1, 0.15) is 0 Å². The van der Waals surface area contributed by atoms with E-state index in [4.69, 9.17) is 16.3 Å². The van der Waals surface area contributed by atoms with Gasteiger partial charge in [-0.25, -0.2) is 4.79 Å². The number of aryl methyl sites for hydroxylation is 1. The van der Waals surface area contributed by atoms with Crippen LogP contribution < -0.4 is 0 Å². The van der Waals surface area contributed by atoms with Gasteiger partial charge in [-0.2, -0.15) is 0 Å². The molecule has 1 heterocycles. The molecule has 0 unspecified atom stereocenters. The smallest absolute Gasteiger partial charge is 0.330 e. The third kappa shape index (κ3) is 4.82. The lowest BCUT2D eigenvalue weighted by molar-refractivity contribution is -0.137. The Hall–Kier alpha value is -2.04. The highest BCUT2D eigenvalue weighted by molar-refractivity contribution is 9.10. The lowest BCUT2D eigenvalue weighted by Crippen LogP contribution is -2.00. The minimum absolute atomic E-state index is 0.294. The number of carbonyl (C=O) groups is 1. The lowest BCUT2D eigenvalue weighted by Gasteiger charge is -2.06. The minimum Gasteiger partial charge on any atom is -0.463 e. The first-order valence-electron chi connectivity index (χ1n) is 8.93. The van der Waals surface area contributed by atoms with Gasteiger partial charge in [-0.1, -0.05) is 48.0 Å². The first-order valence-corrected chi connectivity index (χ1v) is 10.1. The first-order chi connectivity index (χ1) is 13.1. The fourth-order valence-corrected chi connectivity index (χ4v) is 3.96. The summed E-state index contributed by atoms with van der Waals surface area (Å²) < 4.78 is 8.23. The fourth-order valence-electron chi connectivity index (χ4n) is 3.11. The number of aromatic nitrogens is 1. The van der Waals surface area contributed by atoms with E-state index < -0.39 is 0 Å². The molecule has 0 aliphatic carbocycles. The Kier molecular flexibility index (Phi) is 6.75. The number of halogens is 2. The van der Waals surface area contributed by atoms with Crippen molar-refractivity contribution in [1.29, 1.82) is 0 Å². The molecule has 27 heavy (non-hydrogen) atoms. The maximum absolute atomic E-state index is 11.4. The van der Waals surface area contributed by atoms with Crippen LogP contribution >= 0.6 is 27.5 Å². The highest BCUT2D eigenvalue weighted by Crippen LogP contribution is 2.32. The normalized spacial score (nSPS) is 11.4.